The summed E-state index contributed by atoms with van der Waals surface area (Å²) in [6, 6.07) is 7.45. The second kappa shape index (κ2) is 13.0. The van der Waals surface area contributed by atoms with E-state index in [1.54, 1.807) is 35.1 Å². The molecule has 0 spiro atoms. The number of carbonyl (C=O) groups excluding carboxylic acids is 1. The lowest BCUT2D eigenvalue weighted by Crippen LogP contribution is -2.15. The second-order valence-corrected chi connectivity index (χ2v) is 7.93. The zero-order valence-corrected chi connectivity index (χ0v) is 21.6. The molecule has 12 heteroatoms. The number of nitrogens with one attached hydrogen (secondary N) is 1. The fourth-order valence-corrected chi connectivity index (χ4v) is 3.35. The van der Waals surface area contributed by atoms with Crippen molar-refractivity contribution in [3.63, 3.8) is 0 Å². The van der Waals surface area contributed by atoms with Crippen LogP contribution in [0.15, 0.2) is 55.2 Å². The number of nitrogens with zero attached hydrogens (tertiary/aromatic N) is 5. The van der Waals surface area contributed by atoms with Crippen molar-refractivity contribution in [2.24, 2.45) is 0 Å². The van der Waals surface area contributed by atoms with Gasteiger partial charge in [0.05, 0.1) is 18.4 Å². The Kier molecular flexibility index (Phi) is 10.4. The summed E-state index contributed by atoms with van der Waals surface area (Å²) >= 11 is 0. The van der Waals surface area contributed by atoms with Crippen LogP contribution in [0.2, 0.25) is 0 Å². The Morgan fingerprint density at radius 3 is 2.69 bits per heavy atom. The largest absolute Gasteiger partial charge is 0.492 e. The van der Waals surface area contributed by atoms with Gasteiger partial charge < -0.3 is 19.7 Å². The van der Waals surface area contributed by atoms with E-state index in [0.29, 0.717) is 29.1 Å². The minimum absolute atomic E-state index is 0. The smallest absolute Gasteiger partial charge is 0.257 e. The summed E-state index contributed by atoms with van der Waals surface area (Å²) in [7, 11) is 4.02. The molecule has 36 heavy (non-hydrogen) atoms. The van der Waals surface area contributed by atoms with Crippen LogP contribution in [-0.2, 0) is 0 Å². The molecule has 1 amide bonds. The molecule has 0 unspecified atom stereocenters. The average molecular weight is 537 g/mol. The molecule has 0 fully saturated rings. The number of hydrogen-bond acceptors (Lipinski definition) is 7. The van der Waals surface area contributed by atoms with Crippen LogP contribution >= 0.6 is 24.8 Å². The molecular formula is C24H27Cl2FN6O3. The van der Waals surface area contributed by atoms with Gasteiger partial charge >= 0.3 is 0 Å². The molecule has 3 heterocycles. The van der Waals surface area contributed by atoms with Crippen LogP contribution in [0.3, 0.4) is 0 Å². The van der Waals surface area contributed by atoms with Crippen molar-refractivity contribution in [2.75, 3.05) is 32.6 Å². The number of carbonyl (C=O) groups is 1. The normalized spacial score (nSPS) is 10.5. The standard InChI is InChI=1S/C24H25FN6O3.2ClH/c1-16-21(33-11-5-10-30(2)3)14-31-22(16)24(27-15-28-31)34-20-8-7-18(12-19(20)25)29-23(32)17-6-4-9-26-13-17;;/h4,6-9,12-15H,5,10-11H2,1-3H3,(H,29,32);2*1H. The zero-order chi connectivity index (χ0) is 24.1. The first-order valence-electron chi connectivity index (χ1n) is 10.7. The summed E-state index contributed by atoms with van der Waals surface area (Å²) in [6.07, 6.45) is 6.96. The molecular weight excluding hydrogens is 510 g/mol. The van der Waals surface area contributed by atoms with E-state index in [1.807, 2.05) is 21.0 Å². The SMILES string of the molecule is Cc1c(OCCCN(C)C)cn2ncnc(Oc3ccc(NC(=O)c4cccnc4)cc3F)c12.Cl.Cl. The van der Waals surface area contributed by atoms with Gasteiger partial charge in [-0.15, -0.1) is 24.8 Å². The summed E-state index contributed by atoms with van der Waals surface area (Å²) < 4.78 is 28.1. The van der Waals surface area contributed by atoms with Crippen molar-refractivity contribution in [3.8, 4) is 17.4 Å². The van der Waals surface area contributed by atoms with Crippen molar-refractivity contribution in [1.82, 2.24) is 24.5 Å². The maximum absolute atomic E-state index is 14.8. The lowest BCUT2D eigenvalue weighted by Gasteiger charge is -2.10. The van der Waals surface area contributed by atoms with Gasteiger partial charge in [0.25, 0.3) is 5.91 Å². The first-order chi connectivity index (χ1) is 16.4. The van der Waals surface area contributed by atoms with E-state index < -0.39 is 5.82 Å². The number of ether oxygens (including phenoxy) is 2. The first kappa shape index (κ1) is 28.8. The number of fused-ring (bicyclic) bond motifs is 1. The minimum atomic E-state index is -0.648. The number of hydrogen-bond donors (Lipinski definition) is 1. The van der Waals surface area contributed by atoms with E-state index in [0.717, 1.165) is 18.5 Å². The third-order valence-electron chi connectivity index (χ3n) is 5.07. The summed E-state index contributed by atoms with van der Waals surface area (Å²) in [5, 5.41) is 6.85. The van der Waals surface area contributed by atoms with E-state index in [2.05, 4.69) is 25.3 Å². The highest BCUT2D eigenvalue weighted by Gasteiger charge is 2.17. The van der Waals surface area contributed by atoms with Crippen molar-refractivity contribution in [1.29, 1.82) is 0 Å². The molecule has 3 aromatic heterocycles. The fraction of sp³-hybridized carbons (Fsp3) is 0.250. The van der Waals surface area contributed by atoms with Crippen LogP contribution in [0, 0.1) is 12.7 Å². The molecule has 0 aliphatic rings. The number of aryl methyl sites for hydroxylation is 1. The van der Waals surface area contributed by atoms with Crippen LogP contribution in [-0.4, -0.2) is 57.6 Å². The fourth-order valence-electron chi connectivity index (χ4n) is 3.35. The molecule has 0 atom stereocenters. The molecule has 4 aromatic rings. The maximum atomic E-state index is 14.8. The van der Waals surface area contributed by atoms with E-state index >= 15 is 0 Å². The molecule has 1 N–H and O–H groups in total. The molecule has 0 saturated carbocycles. The predicted molar refractivity (Wildman–Crippen MR) is 140 cm³/mol. The van der Waals surface area contributed by atoms with Gasteiger partial charge in [-0.2, -0.15) is 10.1 Å². The Balaban J connectivity index is 0.00000228. The molecule has 0 aliphatic carbocycles. The first-order valence-corrected chi connectivity index (χ1v) is 10.7. The Hall–Kier alpha value is -3.47. The van der Waals surface area contributed by atoms with E-state index in [9.17, 15) is 9.18 Å². The number of aromatic nitrogens is 4. The molecule has 0 aliphatic heterocycles. The lowest BCUT2D eigenvalue weighted by molar-refractivity contribution is 0.102. The van der Waals surface area contributed by atoms with Crippen LogP contribution in [0.4, 0.5) is 10.1 Å². The Labute approximate surface area is 220 Å². The molecule has 9 nitrogen and oxygen atoms in total. The van der Waals surface area contributed by atoms with Crippen LogP contribution in [0.5, 0.6) is 17.4 Å². The summed E-state index contributed by atoms with van der Waals surface area (Å²) in [5.41, 5.74) is 2.04. The second-order valence-electron chi connectivity index (χ2n) is 7.93. The number of rotatable bonds is 9. The number of benzene rings is 1. The maximum Gasteiger partial charge on any atom is 0.257 e. The van der Waals surface area contributed by atoms with E-state index in [4.69, 9.17) is 9.47 Å². The van der Waals surface area contributed by atoms with Crippen LogP contribution in [0.25, 0.3) is 5.52 Å². The topological polar surface area (TPSA) is 93.9 Å². The quantitative estimate of drug-likeness (QED) is 0.307. The van der Waals surface area contributed by atoms with Crippen molar-refractivity contribution in [2.45, 2.75) is 13.3 Å². The zero-order valence-electron chi connectivity index (χ0n) is 20.0. The highest BCUT2D eigenvalue weighted by Crippen LogP contribution is 2.33. The van der Waals surface area contributed by atoms with E-state index in [1.165, 1.54) is 24.7 Å². The van der Waals surface area contributed by atoms with Gasteiger partial charge in [-0.1, -0.05) is 0 Å². The van der Waals surface area contributed by atoms with E-state index in [-0.39, 0.29) is 42.4 Å². The van der Waals surface area contributed by atoms with Gasteiger partial charge in [-0.25, -0.2) is 8.91 Å². The number of halogens is 3. The molecule has 1 aromatic carbocycles. The number of amides is 1. The van der Waals surface area contributed by atoms with Gasteiger partial charge in [-0.05, 0) is 51.7 Å². The van der Waals surface area contributed by atoms with Crippen LogP contribution in [0.1, 0.15) is 22.3 Å². The monoisotopic (exact) mass is 536 g/mol. The summed E-state index contributed by atoms with van der Waals surface area (Å²) in [6.45, 7) is 3.35. The molecule has 0 bridgehead atoms. The highest BCUT2D eigenvalue weighted by molar-refractivity contribution is 6.04. The predicted octanol–water partition coefficient (Wildman–Crippen LogP) is 4.79. The van der Waals surface area contributed by atoms with Crippen molar-refractivity contribution in [3.05, 3.63) is 72.2 Å². The van der Waals surface area contributed by atoms with Crippen molar-refractivity contribution >= 4 is 41.9 Å². The van der Waals surface area contributed by atoms with Gasteiger partial charge in [0.1, 0.15) is 17.6 Å². The summed E-state index contributed by atoms with van der Waals surface area (Å²) in [4.78, 5) is 22.5. The van der Waals surface area contributed by atoms with Gasteiger partial charge in [0, 0.05) is 36.3 Å². The minimum Gasteiger partial charge on any atom is -0.492 e. The average Bonchev–Trinajstić information content (AvgIpc) is 3.15. The van der Waals surface area contributed by atoms with Crippen LogP contribution < -0.4 is 14.8 Å². The number of anilines is 1. The van der Waals surface area contributed by atoms with Gasteiger partial charge in [0.2, 0.25) is 5.88 Å². The molecule has 4 rings (SSSR count). The molecule has 0 radical (unpaired) electrons. The lowest BCUT2D eigenvalue weighted by atomic mass is 10.2. The third kappa shape index (κ3) is 6.81. The van der Waals surface area contributed by atoms with Crippen molar-refractivity contribution < 1.29 is 18.7 Å². The molecule has 192 valence electrons. The van der Waals surface area contributed by atoms with Gasteiger partial charge in [-0.3, -0.25) is 9.78 Å². The molecule has 0 saturated heterocycles. The number of pyridine rings is 1. The third-order valence-corrected chi connectivity index (χ3v) is 5.07. The Bertz CT molecular complexity index is 1300. The highest BCUT2D eigenvalue weighted by atomic mass is 35.5. The Morgan fingerprint density at radius 2 is 2.00 bits per heavy atom. The Morgan fingerprint density at radius 1 is 1.19 bits per heavy atom. The van der Waals surface area contributed by atoms with Gasteiger partial charge in [0.15, 0.2) is 11.6 Å². The summed E-state index contributed by atoms with van der Waals surface area (Å²) in [5.74, 6) is -0.209.